The van der Waals surface area contributed by atoms with Gasteiger partial charge in [-0.3, -0.25) is 0 Å². The van der Waals surface area contributed by atoms with Crippen LogP contribution in [0.2, 0.25) is 0 Å². The average molecular weight is 542 g/mol. The Bertz CT molecular complexity index is 1110. The number of hydrogen-bond donors (Lipinski definition) is 2. The SMILES string of the molecule is CCNC(=NCc1cccc(Cn2ccnc2)c1)NCc1coc(-c2ccccc2)n1.I. The molecule has 2 aromatic carbocycles. The molecular formula is C24H27IN6O. The van der Waals surface area contributed by atoms with Crippen LogP contribution in [0.5, 0.6) is 0 Å². The fourth-order valence-electron chi connectivity index (χ4n) is 3.21. The molecule has 4 aromatic rings. The summed E-state index contributed by atoms with van der Waals surface area (Å²) in [7, 11) is 0. The van der Waals surface area contributed by atoms with Crippen LogP contribution in [0.3, 0.4) is 0 Å². The van der Waals surface area contributed by atoms with E-state index >= 15 is 0 Å². The zero-order valence-corrected chi connectivity index (χ0v) is 20.3. The highest BCUT2D eigenvalue weighted by molar-refractivity contribution is 14.0. The van der Waals surface area contributed by atoms with Crippen molar-refractivity contribution in [3.8, 4) is 11.5 Å². The molecule has 2 N–H and O–H groups in total. The number of aliphatic imine (C=N–C) groups is 1. The van der Waals surface area contributed by atoms with Gasteiger partial charge in [0, 0.05) is 31.0 Å². The molecule has 4 rings (SSSR count). The molecule has 0 radical (unpaired) electrons. The van der Waals surface area contributed by atoms with Crippen LogP contribution in [0, 0.1) is 0 Å². The second kappa shape index (κ2) is 12.0. The van der Waals surface area contributed by atoms with E-state index in [9.17, 15) is 0 Å². The van der Waals surface area contributed by atoms with Crippen molar-refractivity contribution in [1.29, 1.82) is 0 Å². The molecule has 7 nitrogen and oxygen atoms in total. The number of nitrogens with zero attached hydrogens (tertiary/aromatic N) is 4. The fourth-order valence-corrected chi connectivity index (χ4v) is 3.21. The maximum Gasteiger partial charge on any atom is 0.226 e. The van der Waals surface area contributed by atoms with Crippen LogP contribution in [0.4, 0.5) is 0 Å². The smallest absolute Gasteiger partial charge is 0.226 e. The average Bonchev–Trinajstić information content (AvgIpc) is 3.49. The minimum absolute atomic E-state index is 0. The van der Waals surface area contributed by atoms with Gasteiger partial charge in [-0.15, -0.1) is 24.0 Å². The summed E-state index contributed by atoms with van der Waals surface area (Å²) in [6, 6.07) is 18.3. The molecule has 166 valence electrons. The monoisotopic (exact) mass is 542 g/mol. The maximum atomic E-state index is 5.61. The molecule has 8 heteroatoms. The lowest BCUT2D eigenvalue weighted by Gasteiger charge is -2.10. The topological polar surface area (TPSA) is 80.3 Å². The minimum atomic E-state index is 0. The molecule has 0 aliphatic rings. The summed E-state index contributed by atoms with van der Waals surface area (Å²) in [5, 5.41) is 6.61. The first-order valence-electron chi connectivity index (χ1n) is 10.4. The number of benzene rings is 2. The van der Waals surface area contributed by atoms with E-state index in [1.807, 2.05) is 49.8 Å². The molecule has 0 saturated heterocycles. The lowest BCUT2D eigenvalue weighted by atomic mass is 10.1. The van der Waals surface area contributed by atoms with E-state index in [0.29, 0.717) is 19.0 Å². The molecule has 0 bridgehead atoms. The van der Waals surface area contributed by atoms with Crippen molar-refractivity contribution in [2.45, 2.75) is 26.6 Å². The van der Waals surface area contributed by atoms with Crippen molar-refractivity contribution in [2.75, 3.05) is 6.54 Å². The van der Waals surface area contributed by atoms with E-state index in [1.54, 1.807) is 12.5 Å². The lowest BCUT2D eigenvalue weighted by molar-refractivity contribution is 0.572. The molecule has 2 heterocycles. The summed E-state index contributed by atoms with van der Waals surface area (Å²) >= 11 is 0. The van der Waals surface area contributed by atoms with Crippen LogP contribution in [0.25, 0.3) is 11.5 Å². The van der Waals surface area contributed by atoms with E-state index < -0.39 is 0 Å². The third-order valence-corrected chi connectivity index (χ3v) is 4.69. The molecular weight excluding hydrogens is 515 g/mol. The molecule has 2 aromatic heterocycles. The highest BCUT2D eigenvalue weighted by atomic mass is 127. The molecule has 0 aliphatic carbocycles. The Labute approximate surface area is 205 Å². The highest BCUT2D eigenvalue weighted by Gasteiger charge is 2.07. The van der Waals surface area contributed by atoms with Gasteiger partial charge in [0.2, 0.25) is 5.89 Å². The predicted molar refractivity (Wildman–Crippen MR) is 137 cm³/mol. The van der Waals surface area contributed by atoms with E-state index in [2.05, 4.69) is 49.4 Å². The number of rotatable bonds is 8. The van der Waals surface area contributed by atoms with Crippen LogP contribution in [-0.4, -0.2) is 27.0 Å². The number of guanidine groups is 1. The standard InChI is InChI=1S/C24H26N6O.HI/c1-2-26-24(28-15-22-17-31-23(29-22)21-9-4-3-5-10-21)27-14-19-7-6-8-20(13-19)16-30-12-11-25-18-30;/h3-13,17-18H,2,14-16H2,1H3,(H2,26,27,28);1H. The van der Waals surface area contributed by atoms with Crippen molar-refractivity contribution < 1.29 is 4.42 Å². The van der Waals surface area contributed by atoms with Crippen LogP contribution in [0.15, 0.2) is 89.0 Å². The van der Waals surface area contributed by atoms with Gasteiger partial charge < -0.3 is 19.6 Å². The largest absolute Gasteiger partial charge is 0.444 e. The third-order valence-electron chi connectivity index (χ3n) is 4.69. The summed E-state index contributed by atoms with van der Waals surface area (Å²) < 4.78 is 7.66. The summed E-state index contributed by atoms with van der Waals surface area (Å²) in [6.45, 7) is 4.74. The summed E-state index contributed by atoms with van der Waals surface area (Å²) in [5.74, 6) is 1.36. The van der Waals surface area contributed by atoms with Crippen LogP contribution >= 0.6 is 24.0 Å². The van der Waals surface area contributed by atoms with E-state index in [1.165, 1.54) is 5.56 Å². The highest BCUT2D eigenvalue weighted by Crippen LogP contribution is 2.17. The zero-order valence-electron chi connectivity index (χ0n) is 17.9. The maximum absolute atomic E-state index is 5.61. The van der Waals surface area contributed by atoms with Gasteiger partial charge in [-0.2, -0.15) is 0 Å². The van der Waals surface area contributed by atoms with Gasteiger partial charge in [0.05, 0.1) is 25.1 Å². The minimum Gasteiger partial charge on any atom is -0.444 e. The second-order valence-corrected chi connectivity index (χ2v) is 7.11. The number of imidazole rings is 1. The summed E-state index contributed by atoms with van der Waals surface area (Å²) in [4.78, 5) is 13.4. The van der Waals surface area contributed by atoms with Gasteiger partial charge in [0.25, 0.3) is 0 Å². The van der Waals surface area contributed by atoms with Gasteiger partial charge in [-0.25, -0.2) is 15.0 Å². The Morgan fingerprint density at radius 2 is 1.91 bits per heavy atom. The molecule has 32 heavy (non-hydrogen) atoms. The predicted octanol–water partition coefficient (Wildman–Crippen LogP) is 4.46. The summed E-state index contributed by atoms with van der Waals surface area (Å²) in [5.41, 5.74) is 4.17. The third kappa shape index (κ3) is 6.68. The van der Waals surface area contributed by atoms with E-state index in [4.69, 9.17) is 9.41 Å². The lowest BCUT2D eigenvalue weighted by Crippen LogP contribution is -2.36. The van der Waals surface area contributed by atoms with Gasteiger partial charge in [-0.05, 0) is 30.2 Å². The van der Waals surface area contributed by atoms with E-state index in [0.717, 1.165) is 35.9 Å². The van der Waals surface area contributed by atoms with Crippen molar-refractivity contribution >= 4 is 29.9 Å². The first-order chi connectivity index (χ1) is 15.3. The molecule has 0 aliphatic heterocycles. The fraction of sp³-hybridized carbons (Fsp3) is 0.208. The van der Waals surface area contributed by atoms with Gasteiger partial charge in [-0.1, -0.05) is 42.5 Å². The summed E-state index contributed by atoms with van der Waals surface area (Å²) in [6.07, 6.45) is 7.26. The first kappa shape index (κ1) is 23.5. The zero-order chi connectivity index (χ0) is 21.3. The van der Waals surface area contributed by atoms with Crippen molar-refractivity contribution in [2.24, 2.45) is 4.99 Å². The Morgan fingerprint density at radius 1 is 1.06 bits per heavy atom. The van der Waals surface area contributed by atoms with Crippen molar-refractivity contribution in [3.05, 3.63) is 96.4 Å². The quantitative estimate of drug-likeness (QED) is 0.195. The number of nitrogens with one attached hydrogen (secondary N) is 2. The molecule has 0 saturated carbocycles. The number of halogens is 1. The van der Waals surface area contributed by atoms with Gasteiger partial charge in [0.15, 0.2) is 5.96 Å². The van der Waals surface area contributed by atoms with Gasteiger partial charge >= 0.3 is 0 Å². The molecule has 0 atom stereocenters. The van der Waals surface area contributed by atoms with Crippen LogP contribution in [0.1, 0.15) is 23.7 Å². The normalized spacial score (nSPS) is 11.1. The first-order valence-corrected chi connectivity index (χ1v) is 10.4. The number of hydrogen-bond acceptors (Lipinski definition) is 4. The Hall–Kier alpha value is -3.14. The molecule has 0 unspecified atom stereocenters. The number of oxazole rings is 1. The number of aromatic nitrogens is 3. The Balaban J connectivity index is 0.00000289. The Kier molecular flexibility index (Phi) is 8.85. The Morgan fingerprint density at radius 3 is 2.69 bits per heavy atom. The second-order valence-electron chi connectivity index (χ2n) is 7.11. The van der Waals surface area contributed by atoms with Crippen molar-refractivity contribution in [1.82, 2.24) is 25.2 Å². The molecule has 0 amide bonds. The van der Waals surface area contributed by atoms with Crippen LogP contribution in [-0.2, 0) is 19.6 Å². The van der Waals surface area contributed by atoms with E-state index in [-0.39, 0.29) is 24.0 Å². The van der Waals surface area contributed by atoms with Crippen molar-refractivity contribution in [3.63, 3.8) is 0 Å². The molecule has 0 spiro atoms. The molecule has 0 fully saturated rings. The van der Waals surface area contributed by atoms with Gasteiger partial charge in [0.1, 0.15) is 6.26 Å². The van der Waals surface area contributed by atoms with Crippen LogP contribution < -0.4 is 10.6 Å².